The molecule has 1 heterocycles. The third-order valence-corrected chi connectivity index (χ3v) is 2.40. The minimum atomic E-state index is -0.0811. The quantitative estimate of drug-likeness (QED) is 0.658. The van der Waals surface area contributed by atoms with Gasteiger partial charge in [-0.05, 0) is 12.5 Å². The zero-order chi connectivity index (χ0) is 9.26. The summed E-state index contributed by atoms with van der Waals surface area (Å²) in [4.78, 5) is 0. The molecule has 13 heavy (non-hydrogen) atoms. The van der Waals surface area contributed by atoms with Gasteiger partial charge in [-0.1, -0.05) is 30.3 Å². The first-order valence-electron chi connectivity index (χ1n) is 4.39. The maximum atomic E-state index is 11.1. The molecule has 2 rings (SSSR count). The Bertz CT molecular complexity index is 276. The van der Waals surface area contributed by atoms with Crippen LogP contribution < -0.4 is 0 Å². The van der Waals surface area contributed by atoms with Gasteiger partial charge >= 0.3 is 0 Å². The van der Waals surface area contributed by atoms with E-state index in [4.69, 9.17) is 4.74 Å². The average molecular weight is 178 g/mol. The first kappa shape index (κ1) is 8.69. The Labute approximate surface area is 77.5 Å². The number of ether oxygens (including phenoxy) is 1. The van der Waals surface area contributed by atoms with Crippen LogP contribution in [0.5, 0.6) is 0 Å². The van der Waals surface area contributed by atoms with E-state index in [0.717, 1.165) is 10.6 Å². The molecule has 0 spiro atoms. The van der Waals surface area contributed by atoms with E-state index in [9.17, 15) is 5.21 Å². The Morgan fingerprint density at radius 1 is 1.38 bits per heavy atom. The predicted octanol–water partition coefficient (Wildman–Crippen LogP) is 1.90. The lowest BCUT2D eigenvalue weighted by Crippen LogP contribution is -2.23. The van der Waals surface area contributed by atoms with Crippen LogP contribution in [0.25, 0.3) is 0 Å². The Balaban J connectivity index is 2.19. The molecule has 3 heteroatoms. The van der Waals surface area contributed by atoms with Crippen molar-refractivity contribution in [2.24, 2.45) is 0 Å². The lowest BCUT2D eigenvalue weighted by molar-refractivity contribution is 0.0959. The summed E-state index contributed by atoms with van der Waals surface area (Å²) in [6.07, 6.45) is -0.0706. The molecule has 0 aliphatic carbocycles. The smallest absolute Gasteiger partial charge is 0.0986 e. The summed E-state index contributed by atoms with van der Waals surface area (Å²) in [6.45, 7) is 2.07. The Morgan fingerprint density at radius 2 is 2.08 bits per heavy atom. The summed E-state index contributed by atoms with van der Waals surface area (Å²) in [5, 5.41) is 12.1. The molecule has 0 N–H and O–H groups in total. The highest BCUT2D eigenvalue weighted by atomic mass is 16.6. The highest BCUT2D eigenvalue weighted by Crippen LogP contribution is 2.29. The molecule has 1 aliphatic heterocycles. The van der Waals surface area contributed by atoms with Gasteiger partial charge in [0.25, 0.3) is 0 Å². The molecule has 2 atom stereocenters. The highest BCUT2D eigenvalue weighted by Gasteiger charge is 2.26. The summed E-state index contributed by atoms with van der Waals surface area (Å²) in [5.74, 6) is 0. The van der Waals surface area contributed by atoms with Crippen LogP contribution in [-0.2, 0) is 4.74 Å². The highest BCUT2D eigenvalue weighted by molar-refractivity contribution is 5.19. The van der Waals surface area contributed by atoms with Gasteiger partial charge in [0, 0.05) is 6.04 Å². The summed E-state index contributed by atoms with van der Waals surface area (Å²) in [6, 6.07) is 9.76. The van der Waals surface area contributed by atoms with Gasteiger partial charge in [0.15, 0.2) is 0 Å². The predicted molar refractivity (Wildman–Crippen MR) is 49.8 cm³/mol. The van der Waals surface area contributed by atoms with Crippen LogP contribution in [0, 0.1) is 5.21 Å². The Hall–Kier alpha value is -0.900. The van der Waals surface area contributed by atoms with Crippen molar-refractivity contribution in [1.29, 1.82) is 0 Å². The van der Waals surface area contributed by atoms with Crippen molar-refractivity contribution < 1.29 is 4.74 Å². The van der Waals surface area contributed by atoms with Gasteiger partial charge in [-0.3, -0.25) is 0 Å². The number of hydrogen-bond acceptors (Lipinski definition) is 3. The van der Waals surface area contributed by atoms with Gasteiger partial charge in [0.1, 0.15) is 0 Å². The van der Waals surface area contributed by atoms with Gasteiger partial charge in [0.05, 0.1) is 12.8 Å². The summed E-state index contributed by atoms with van der Waals surface area (Å²) in [7, 11) is 0. The zero-order valence-corrected chi connectivity index (χ0v) is 7.51. The van der Waals surface area contributed by atoms with E-state index < -0.39 is 0 Å². The molecule has 3 nitrogen and oxygen atoms in total. The Morgan fingerprint density at radius 3 is 2.62 bits per heavy atom. The molecule has 0 unspecified atom stereocenters. The first-order valence-corrected chi connectivity index (χ1v) is 4.39. The molecular weight excluding hydrogens is 166 g/mol. The number of rotatable bonds is 1. The van der Waals surface area contributed by atoms with Crippen molar-refractivity contribution >= 4 is 0 Å². The van der Waals surface area contributed by atoms with Crippen molar-refractivity contribution in [3.63, 3.8) is 0 Å². The third-order valence-electron chi connectivity index (χ3n) is 2.40. The van der Waals surface area contributed by atoms with Gasteiger partial charge in [0.2, 0.25) is 0 Å². The van der Waals surface area contributed by atoms with E-state index in [-0.39, 0.29) is 18.9 Å². The molecular formula is C10H12NO2-. The van der Waals surface area contributed by atoms with E-state index in [2.05, 4.69) is 0 Å². The minimum absolute atomic E-state index is 0.0706. The molecule has 0 aromatic heterocycles. The van der Waals surface area contributed by atoms with Crippen LogP contribution in [0.3, 0.4) is 0 Å². The first-order chi connectivity index (χ1) is 6.29. The number of benzene rings is 1. The topological polar surface area (TPSA) is 35.5 Å². The van der Waals surface area contributed by atoms with Crippen molar-refractivity contribution in [3.05, 3.63) is 41.1 Å². The number of nitrogens with zero attached hydrogens (tertiary/aromatic N) is 1. The van der Waals surface area contributed by atoms with E-state index in [0.29, 0.717) is 0 Å². The SMILES string of the molecule is C[C@H]1[C@@H](c2ccccc2)OCN1[O-]. The monoisotopic (exact) mass is 178 g/mol. The van der Waals surface area contributed by atoms with Crippen LogP contribution in [0.4, 0.5) is 0 Å². The second-order valence-electron chi connectivity index (χ2n) is 3.28. The molecule has 0 radical (unpaired) electrons. The number of hydrogen-bond donors (Lipinski definition) is 0. The average Bonchev–Trinajstić information content (AvgIpc) is 2.49. The fourth-order valence-corrected chi connectivity index (χ4v) is 1.58. The zero-order valence-electron chi connectivity index (χ0n) is 7.51. The second kappa shape index (κ2) is 3.46. The van der Waals surface area contributed by atoms with Gasteiger partial charge in [-0.25, -0.2) is 0 Å². The molecule has 1 fully saturated rings. The van der Waals surface area contributed by atoms with Crippen molar-refractivity contribution in [3.8, 4) is 0 Å². The number of hydroxylamine groups is 2. The van der Waals surface area contributed by atoms with Crippen LogP contribution in [0.1, 0.15) is 18.6 Å². The summed E-state index contributed by atoms with van der Waals surface area (Å²) >= 11 is 0. The molecule has 1 aromatic rings. The van der Waals surface area contributed by atoms with E-state index >= 15 is 0 Å². The maximum absolute atomic E-state index is 11.1. The van der Waals surface area contributed by atoms with Crippen LogP contribution in [0.15, 0.2) is 30.3 Å². The lowest BCUT2D eigenvalue weighted by atomic mass is 10.0. The molecule has 70 valence electrons. The molecule has 1 saturated heterocycles. The largest absolute Gasteiger partial charge is 0.783 e. The van der Waals surface area contributed by atoms with E-state index in [1.54, 1.807) is 0 Å². The van der Waals surface area contributed by atoms with Crippen molar-refractivity contribution in [1.82, 2.24) is 5.06 Å². The van der Waals surface area contributed by atoms with Crippen LogP contribution >= 0.6 is 0 Å². The standard InChI is InChI=1S/C10H12NO2/c1-8-10(13-7-11(8)12)9-5-3-2-4-6-9/h2-6,8,10H,7H2,1H3/q-1/t8-,10-/m0/s1. The van der Waals surface area contributed by atoms with Gasteiger partial charge in [-0.15, -0.1) is 0 Å². The fraction of sp³-hybridized carbons (Fsp3) is 0.400. The fourth-order valence-electron chi connectivity index (χ4n) is 1.58. The van der Waals surface area contributed by atoms with Crippen molar-refractivity contribution in [2.45, 2.75) is 19.1 Å². The normalized spacial score (nSPS) is 29.4. The maximum Gasteiger partial charge on any atom is 0.0986 e. The summed E-state index contributed by atoms with van der Waals surface area (Å²) < 4.78 is 5.38. The van der Waals surface area contributed by atoms with Crippen LogP contribution in [0.2, 0.25) is 0 Å². The summed E-state index contributed by atoms with van der Waals surface area (Å²) in [5.41, 5.74) is 1.08. The molecule has 0 saturated carbocycles. The second-order valence-corrected chi connectivity index (χ2v) is 3.28. The molecule has 0 bridgehead atoms. The molecule has 1 aromatic carbocycles. The third kappa shape index (κ3) is 1.58. The molecule has 0 amide bonds. The van der Waals surface area contributed by atoms with E-state index in [1.165, 1.54) is 0 Å². The van der Waals surface area contributed by atoms with E-state index in [1.807, 2.05) is 37.3 Å². The van der Waals surface area contributed by atoms with Crippen molar-refractivity contribution in [2.75, 3.05) is 6.73 Å². The van der Waals surface area contributed by atoms with Crippen LogP contribution in [-0.4, -0.2) is 17.8 Å². The lowest BCUT2D eigenvalue weighted by Gasteiger charge is -2.26. The minimum Gasteiger partial charge on any atom is -0.783 e. The molecule has 1 aliphatic rings. The van der Waals surface area contributed by atoms with Gasteiger partial charge < -0.3 is 15.0 Å². The van der Waals surface area contributed by atoms with Gasteiger partial charge in [-0.2, -0.15) is 0 Å². The Kier molecular flexibility index (Phi) is 2.31.